The molecular weight excluding hydrogens is 248 g/mol. The Morgan fingerprint density at radius 3 is 2.80 bits per heavy atom. The van der Waals surface area contributed by atoms with Crippen LogP contribution in [0.2, 0.25) is 0 Å². The molecule has 1 aromatic carbocycles. The summed E-state index contributed by atoms with van der Waals surface area (Å²) in [5.74, 6) is 1.74. The van der Waals surface area contributed by atoms with E-state index in [4.69, 9.17) is 4.74 Å². The first-order valence-electron chi connectivity index (χ1n) is 7.69. The second kappa shape index (κ2) is 7.09. The Balaban J connectivity index is 2.02. The summed E-state index contributed by atoms with van der Waals surface area (Å²) >= 11 is 0. The molecule has 1 fully saturated rings. The van der Waals surface area contributed by atoms with E-state index in [0.29, 0.717) is 12.1 Å². The molecule has 2 rings (SSSR count). The molecule has 0 bridgehead atoms. The topological polar surface area (TPSA) is 24.5 Å². The van der Waals surface area contributed by atoms with Crippen LogP contribution in [0.4, 0.5) is 0 Å². The fraction of sp³-hybridized carbons (Fsp3) is 0.647. The Labute approximate surface area is 123 Å². The molecule has 1 aliphatic rings. The van der Waals surface area contributed by atoms with Crippen LogP contribution in [-0.2, 0) is 6.54 Å². The standard InChI is InChI=1S/C17H28N2O/c1-13(2)9-16-12-19(14(3)10-18-16)11-15-7-5-6-8-17(15)20-4/h5-8,13-14,16,18H,9-12H2,1-4H3. The van der Waals surface area contributed by atoms with Crippen LogP contribution < -0.4 is 10.1 Å². The largest absolute Gasteiger partial charge is 0.496 e. The van der Waals surface area contributed by atoms with Crippen LogP contribution in [0.1, 0.15) is 32.8 Å². The lowest BCUT2D eigenvalue weighted by atomic mass is 9.99. The summed E-state index contributed by atoms with van der Waals surface area (Å²) in [6.45, 7) is 10.1. The summed E-state index contributed by atoms with van der Waals surface area (Å²) in [7, 11) is 1.75. The summed E-state index contributed by atoms with van der Waals surface area (Å²) < 4.78 is 5.47. The smallest absolute Gasteiger partial charge is 0.123 e. The Morgan fingerprint density at radius 2 is 2.10 bits per heavy atom. The summed E-state index contributed by atoms with van der Waals surface area (Å²) in [4.78, 5) is 2.57. The van der Waals surface area contributed by atoms with Crippen LogP contribution in [0, 0.1) is 5.92 Å². The lowest BCUT2D eigenvalue weighted by molar-refractivity contribution is 0.123. The molecule has 2 atom stereocenters. The predicted molar refractivity (Wildman–Crippen MR) is 84.1 cm³/mol. The minimum atomic E-state index is 0.573. The highest BCUT2D eigenvalue weighted by Crippen LogP contribution is 2.22. The van der Waals surface area contributed by atoms with Crippen molar-refractivity contribution in [2.45, 2.75) is 45.8 Å². The van der Waals surface area contributed by atoms with E-state index in [1.807, 2.05) is 12.1 Å². The van der Waals surface area contributed by atoms with E-state index in [-0.39, 0.29) is 0 Å². The number of hydrogen-bond donors (Lipinski definition) is 1. The quantitative estimate of drug-likeness (QED) is 0.895. The molecule has 1 aliphatic heterocycles. The van der Waals surface area contributed by atoms with Crippen molar-refractivity contribution in [3.8, 4) is 5.75 Å². The third-order valence-electron chi connectivity index (χ3n) is 4.10. The molecule has 1 saturated heterocycles. The monoisotopic (exact) mass is 276 g/mol. The van der Waals surface area contributed by atoms with Gasteiger partial charge in [-0.05, 0) is 25.3 Å². The predicted octanol–water partition coefficient (Wildman–Crippen LogP) is 2.90. The van der Waals surface area contributed by atoms with Gasteiger partial charge in [0.25, 0.3) is 0 Å². The van der Waals surface area contributed by atoms with Crippen molar-refractivity contribution in [3.05, 3.63) is 29.8 Å². The number of rotatable bonds is 5. The first kappa shape index (κ1) is 15.3. The van der Waals surface area contributed by atoms with Gasteiger partial charge in [0.15, 0.2) is 0 Å². The van der Waals surface area contributed by atoms with E-state index in [2.05, 4.69) is 43.1 Å². The van der Waals surface area contributed by atoms with Crippen LogP contribution in [0.15, 0.2) is 24.3 Å². The van der Waals surface area contributed by atoms with E-state index in [1.165, 1.54) is 12.0 Å². The molecule has 2 unspecified atom stereocenters. The summed E-state index contributed by atoms with van der Waals surface area (Å²) in [5.41, 5.74) is 1.28. The zero-order chi connectivity index (χ0) is 14.5. The maximum atomic E-state index is 5.47. The SMILES string of the molecule is COc1ccccc1CN1CC(CC(C)C)NCC1C. The molecular formula is C17H28N2O. The van der Waals surface area contributed by atoms with Crippen molar-refractivity contribution >= 4 is 0 Å². The van der Waals surface area contributed by atoms with Gasteiger partial charge in [-0.2, -0.15) is 0 Å². The number of methoxy groups -OCH3 is 1. The number of nitrogens with zero attached hydrogens (tertiary/aromatic N) is 1. The van der Waals surface area contributed by atoms with Crippen LogP contribution in [0.25, 0.3) is 0 Å². The third-order valence-corrected chi connectivity index (χ3v) is 4.10. The van der Waals surface area contributed by atoms with Gasteiger partial charge in [-0.1, -0.05) is 32.0 Å². The lowest BCUT2D eigenvalue weighted by Gasteiger charge is -2.39. The average molecular weight is 276 g/mol. The van der Waals surface area contributed by atoms with Crippen LogP contribution in [-0.4, -0.2) is 37.2 Å². The van der Waals surface area contributed by atoms with Gasteiger partial charge in [0, 0.05) is 37.3 Å². The molecule has 112 valence electrons. The molecule has 1 N–H and O–H groups in total. The highest BCUT2D eigenvalue weighted by Gasteiger charge is 2.25. The van der Waals surface area contributed by atoms with Crippen molar-refractivity contribution in [1.82, 2.24) is 10.2 Å². The fourth-order valence-electron chi connectivity index (χ4n) is 2.99. The Kier molecular flexibility index (Phi) is 5.44. The Hall–Kier alpha value is -1.06. The van der Waals surface area contributed by atoms with Crippen molar-refractivity contribution in [1.29, 1.82) is 0 Å². The lowest BCUT2D eigenvalue weighted by Crippen LogP contribution is -2.55. The molecule has 0 saturated carbocycles. The molecule has 3 nitrogen and oxygen atoms in total. The molecule has 20 heavy (non-hydrogen) atoms. The zero-order valence-corrected chi connectivity index (χ0v) is 13.2. The van der Waals surface area contributed by atoms with Gasteiger partial charge in [0.1, 0.15) is 5.75 Å². The summed E-state index contributed by atoms with van der Waals surface area (Å²) in [5, 5.41) is 3.67. The fourth-order valence-corrected chi connectivity index (χ4v) is 2.99. The van der Waals surface area contributed by atoms with E-state index in [1.54, 1.807) is 7.11 Å². The van der Waals surface area contributed by atoms with Gasteiger partial charge >= 0.3 is 0 Å². The number of hydrogen-bond acceptors (Lipinski definition) is 3. The number of nitrogens with one attached hydrogen (secondary N) is 1. The Bertz CT molecular complexity index is 419. The van der Waals surface area contributed by atoms with E-state index in [0.717, 1.165) is 31.3 Å². The molecule has 0 radical (unpaired) electrons. The average Bonchev–Trinajstić information content (AvgIpc) is 2.42. The van der Waals surface area contributed by atoms with Gasteiger partial charge in [0.05, 0.1) is 7.11 Å². The van der Waals surface area contributed by atoms with Crippen LogP contribution >= 0.6 is 0 Å². The van der Waals surface area contributed by atoms with Crippen molar-refractivity contribution in [2.24, 2.45) is 5.92 Å². The minimum Gasteiger partial charge on any atom is -0.496 e. The van der Waals surface area contributed by atoms with Gasteiger partial charge in [-0.3, -0.25) is 4.90 Å². The zero-order valence-electron chi connectivity index (χ0n) is 13.2. The highest BCUT2D eigenvalue weighted by atomic mass is 16.5. The van der Waals surface area contributed by atoms with Crippen molar-refractivity contribution < 1.29 is 4.74 Å². The van der Waals surface area contributed by atoms with E-state index >= 15 is 0 Å². The highest BCUT2D eigenvalue weighted by molar-refractivity contribution is 5.33. The van der Waals surface area contributed by atoms with Crippen molar-refractivity contribution in [3.63, 3.8) is 0 Å². The first-order chi connectivity index (χ1) is 9.60. The second-order valence-corrected chi connectivity index (χ2v) is 6.33. The molecule has 1 heterocycles. The molecule has 0 aliphatic carbocycles. The van der Waals surface area contributed by atoms with E-state index < -0.39 is 0 Å². The van der Waals surface area contributed by atoms with Gasteiger partial charge < -0.3 is 10.1 Å². The molecule has 1 aromatic rings. The Morgan fingerprint density at radius 1 is 1.35 bits per heavy atom. The minimum absolute atomic E-state index is 0.573. The van der Waals surface area contributed by atoms with Crippen LogP contribution in [0.5, 0.6) is 5.75 Å². The number of piperazine rings is 1. The van der Waals surface area contributed by atoms with Gasteiger partial charge in [-0.25, -0.2) is 0 Å². The van der Waals surface area contributed by atoms with Crippen molar-refractivity contribution in [2.75, 3.05) is 20.2 Å². The van der Waals surface area contributed by atoms with E-state index in [9.17, 15) is 0 Å². The summed E-state index contributed by atoms with van der Waals surface area (Å²) in [6.07, 6.45) is 1.25. The first-order valence-corrected chi connectivity index (χ1v) is 7.69. The van der Waals surface area contributed by atoms with Gasteiger partial charge in [-0.15, -0.1) is 0 Å². The number of benzene rings is 1. The summed E-state index contributed by atoms with van der Waals surface area (Å²) in [6, 6.07) is 9.53. The molecule has 0 aromatic heterocycles. The number of ether oxygens (including phenoxy) is 1. The third kappa shape index (κ3) is 3.97. The normalized spacial score (nSPS) is 24.1. The second-order valence-electron chi connectivity index (χ2n) is 6.33. The maximum Gasteiger partial charge on any atom is 0.123 e. The maximum absolute atomic E-state index is 5.47. The molecule has 0 amide bonds. The molecule has 0 spiro atoms. The number of para-hydroxylation sites is 1. The van der Waals surface area contributed by atoms with Crippen LogP contribution in [0.3, 0.4) is 0 Å². The van der Waals surface area contributed by atoms with Gasteiger partial charge in [0.2, 0.25) is 0 Å². The molecule has 3 heteroatoms.